The monoisotopic (exact) mass is 518 g/mol. The molecule has 1 aliphatic carbocycles. The molecule has 3 aliphatic rings. The summed E-state index contributed by atoms with van der Waals surface area (Å²) in [6.45, 7) is 2.83. The number of carbonyl (C=O) groups is 3. The van der Waals surface area contributed by atoms with Gasteiger partial charge < -0.3 is 25.2 Å². The summed E-state index contributed by atoms with van der Waals surface area (Å²) < 4.78 is 5.35. The number of likely N-dealkylation sites (tertiary alicyclic amines) is 2. The van der Waals surface area contributed by atoms with Crippen LogP contribution >= 0.6 is 0 Å². The minimum atomic E-state index is -0.168. The first kappa shape index (κ1) is 26.1. The molecule has 2 aromatic carbocycles. The zero-order valence-electron chi connectivity index (χ0n) is 22.2. The van der Waals surface area contributed by atoms with Crippen molar-refractivity contribution >= 4 is 23.5 Å². The highest BCUT2D eigenvalue weighted by molar-refractivity contribution is 5.95. The van der Waals surface area contributed by atoms with Gasteiger partial charge in [-0.1, -0.05) is 43.2 Å². The van der Waals surface area contributed by atoms with Crippen molar-refractivity contribution in [3.8, 4) is 5.75 Å². The van der Waals surface area contributed by atoms with Crippen molar-refractivity contribution in [1.82, 2.24) is 15.1 Å². The molecule has 4 amide bonds. The van der Waals surface area contributed by atoms with Crippen molar-refractivity contribution in [3.63, 3.8) is 0 Å². The molecule has 2 aromatic rings. The second-order valence-corrected chi connectivity index (χ2v) is 11.0. The molecule has 1 saturated carbocycles. The smallest absolute Gasteiger partial charge is 0.321 e. The molecule has 2 heterocycles. The summed E-state index contributed by atoms with van der Waals surface area (Å²) in [5.74, 6) is 0.543. The Kier molecular flexibility index (Phi) is 7.86. The van der Waals surface area contributed by atoms with Gasteiger partial charge in [-0.2, -0.15) is 0 Å². The van der Waals surface area contributed by atoms with Crippen molar-refractivity contribution < 1.29 is 19.1 Å². The number of para-hydroxylation sites is 2. The highest BCUT2D eigenvalue weighted by Crippen LogP contribution is 2.42. The standard InChI is InChI=1S/C30H38N4O4/c1-38-26-14-8-7-13-25(26)32-29(37)33-18-15-30(16-19-33)17-20-34(21-30)28(36)23-11-5-6-12-24(23)31-27(35)22-9-3-2-4-10-22/h2-4,7-10,13-14,23-24H,5-6,11-12,15-21H2,1H3,(H,31,35)(H,32,37). The number of amides is 4. The molecule has 8 nitrogen and oxygen atoms in total. The van der Waals surface area contributed by atoms with Gasteiger partial charge in [0.25, 0.3) is 5.91 Å². The Balaban J connectivity index is 1.16. The molecule has 8 heteroatoms. The molecule has 2 N–H and O–H groups in total. The predicted octanol–water partition coefficient (Wildman–Crippen LogP) is 4.53. The average Bonchev–Trinajstić information content (AvgIpc) is 3.37. The maximum absolute atomic E-state index is 13.7. The summed E-state index contributed by atoms with van der Waals surface area (Å²) >= 11 is 0. The Morgan fingerprint density at radius 3 is 2.26 bits per heavy atom. The number of hydrogen-bond donors (Lipinski definition) is 2. The zero-order valence-corrected chi connectivity index (χ0v) is 22.2. The molecule has 0 aromatic heterocycles. The van der Waals surface area contributed by atoms with E-state index in [1.54, 1.807) is 7.11 Å². The Morgan fingerprint density at radius 2 is 1.53 bits per heavy atom. The van der Waals surface area contributed by atoms with E-state index in [4.69, 9.17) is 4.74 Å². The lowest BCUT2D eigenvalue weighted by atomic mass is 9.77. The van der Waals surface area contributed by atoms with Gasteiger partial charge in [-0.25, -0.2) is 4.79 Å². The van der Waals surface area contributed by atoms with E-state index < -0.39 is 0 Å². The highest BCUT2D eigenvalue weighted by atomic mass is 16.5. The molecule has 5 rings (SSSR count). The number of nitrogens with one attached hydrogen (secondary N) is 2. The summed E-state index contributed by atoms with van der Waals surface area (Å²) in [5, 5.41) is 6.14. The molecular weight excluding hydrogens is 480 g/mol. The number of benzene rings is 2. The Labute approximate surface area is 224 Å². The Morgan fingerprint density at radius 1 is 0.868 bits per heavy atom. The minimum Gasteiger partial charge on any atom is -0.495 e. The van der Waals surface area contributed by atoms with Gasteiger partial charge in [0.2, 0.25) is 5.91 Å². The number of piperidine rings is 1. The van der Waals surface area contributed by atoms with E-state index >= 15 is 0 Å². The molecule has 2 aliphatic heterocycles. The van der Waals surface area contributed by atoms with Gasteiger partial charge in [0, 0.05) is 37.8 Å². The van der Waals surface area contributed by atoms with Crippen molar-refractivity contribution in [1.29, 1.82) is 0 Å². The number of nitrogens with zero attached hydrogens (tertiary/aromatic N) is 2. The van der Waals surface area contributed by atoms with E-state index in [2.05, 4.69) is 10.6 Å². The summed E-state index contributed by atoms with van der Waals surface area (Å²) in [7, 11) is 1.59. The molecule has 38 heavy (non-hydrogen) atoms. The predicted molar refractivity (Wildman–Crippen MR) is 146 cm³/mol. The lowest BCUT2D eigenvalue weighted by Crippen LogP contribution is -2.50. The second-order valence-electron chi connectivity index (χ2n) is 11.0. The summed E-state index contributed by atoms with van der Waals surface area (Å²) in [6.07, 6.45) is 6.44. The Hall–Kier alpha value is -3.55. The van der Waals surface area contributed by atoms with Gasteiger partial charge in [0.05, 0.1) is 18.7 Å². The SMILES string of the molecule is COc1ccccc1NC(=O)N1CCC2(CC1)CCN(C(=O)C1CCCCC1NC(=O)c1ccccc1)C2. The third-order valence-electron chi connectivity index (χ3n) is 8.65. The number of anilines is 1. The highest BCUT2D eigenvalue weighted by Gasteiger charge is 2.45. The van der Waals surface area contributed by atoms with E-state index in [9.17, 15) is 14.4 Å². The summed E-state index contributed by atoms with van der Waals surface area (Å²) in [6, 6.07) is 16.4. The fourth-order valence-corrected chi connectivity index (χ4v) is 6.33. The van der Waals surface area contributed by atoms with Gasteiger partial charge >= 0.3 is 6.03 Å². The first-order chi connectivity index (χ1) is 18.5. The van der Waals surface area contributed by atoms with Crippen molar-refractivity contribution in [2.24, 2.45) is 11.3 Å². The van der Waals surface area contributed by atoms with Crippen LogP contribution in [0, 0.1) is 11.3 Å². The summed E-state index contributed by atoms with van der Waals surface area (Å²) in [5.41, 5.74) is 1.36. The topological polar surface area (TPSA) is 91.0 Å². The lowest BCUT2D eigenvalue weighted by molar-refractivity contribution is -0.136. The number of hydrogen-bond acceptors (Lipinski definition) is 4. The van der Waals surface area contributed by atoms with Gasteiger partial charge in [-0.3, -0.25) is 9.59 Å². The van der Waals surface area contributed by atoms with Crippen LogP contribution in [0.25, 0.3) is 0 Å². The van der Waals surface area contributed by atoms with E-state index in [1.807, 2.05) is 64.4 Å². The van der Waals surface area contributed by atoms with Crippen molar-refractivity contribution in [2.75, 3.05) is 38.6 Å². The van der Waals surface area contributed by atoms with Crippen LogP contribution in [-0.4, -0.2) is 67.0 Å². The van der Waals surface area contributed by atoms with E-state index in [0.717, 1.165) is 58.0 Å². The van der Waals surface area contributed by atoms with Crippen molar-refractivity contribution in [3.05, 3.63) is 60.2 Å². The third-order valence-corrected chi connectivity index (χ3v) is 8.65. The van der Waals surface area contributed by atoms with Gasteiger partial charge in [-0.15, -0.1) is 0 Å². The summed E-state index contributed by atoms with van der Waals surface area (Å²) in [4.78, 5) is 43.3. The lowest BCUT2D eigenvalue weighted by Gasteiger charge is -2.40. The van der Waals surface area contributed by atoms with Crippen LogP contribution in [0.15, 0.2) is 54.6 Å². The van der Waals surface area contributed by atoms with Gasteiger partial charge in [-0.05, 0) is 61.8 Å². The zero-order chi connectivity index (χ0) is 26.5. The van der Waals surface area contributed by atoms with Crippen LogP contribution in [0.5, 0.6) is 5.75 Å². The normalized spacial score (nSPS) is 22.7. The van der Waals surface area contributed by atoms with E-state index in [1.165, 1.54) is 0 Å². The first-order valence-corrected chi connectivity index (χ1v) is 13.8. The number of methoxy groups -OCH3 is 1. The van der Waals surface area contributed by atoms with Crippen LogP contribution in [0.4, 0.5) is 10.5 Å². The molecule has 3 fully saturated rings. The van der Waals surface area contributed by atoms with Crippen LogP contribution < -0.4 is 15.4 Å². The fourth-order valence-electron chi connectivity index (χ4n) is 6.33. The molecule has 0 bridgehead atoms. The largest absolute Gasteiger partial charge is 0.495 e. The number of carbonyl (C=O) groups excluding carboxylic acids is 3. The molecule has 202 valence electrons. The molecule has 2 atom stereocenters. The molecule has 1 spiro atoms. The van der Waals surface area contributed by atoms with Gasteiger partial charge in [0.1, 0.15) is 5.75 Å². The first-order valence-electron chi connectivity index (χ1n) is 13.8. The van der Waals surface area contributed by atoms with Crippen LogP contribution in [-0.2, 0) is 4.79 Å². The number of rotatable bonds is 5. The quantitative estimate of drug-likeness (QED) is 0.609. The number of ether oxygens (including phenoxy) is 1. The molecule has 0 radical (unpaired) electrons. The maximum Gasteiger partial charge on any atom is 0.321 e. The number of urea groups is 1. The van der Waals surface area contributed by atoms with E-state index in [-0.39, 0.29) is 35.2 Å². The van der Waals surface area contributed by atoms with E-state index in [0.29, 0.717) is 30.1 Å². The molecule has 2 unspecified atom stereocenters. The molecule has 2 saturated heterocycles. The molecular formula is C30H38N4O4. The second kappa shape index (κ2) is 11.5. The van der Waals surface area contributed by atoms with Gasteiger partial charge in [0.15, 0.2) is 0 Å². The maximum atomic E-state index is 13.7. The minimum absolute atomic E-state index is 0.0638. The van der Waals surface area contributed by atoms with Crippen LogP contribution in [0.1, 0.15) is 55.3 Å². The third kappa shape index (κ3) is 5.64. The average molecular weight is 519 g/mol. The Bertz CT molecular complexity index is 1150. The van der Waals surface area contributed by atoms with Crippen LogP contribution in [0.2, 0.25) is 0 Å². The van der Waals surface area contributed by atoms with Crippen LogP contribution in [0.3, 0.4) is 0 Å². The van der Waals surface area contributed by atoms with Crippen molar-refractivity contribution in [2.45, 2.75) is 51.0 Å². The fraction of sp³-hybridized carbons (Fsp3) is 0.500.